The zero-order valence-electron chi connectivity index (χ0n) is 8.26. The Morgan fingerprint density at radius 3 is 2.69 bits per heavy atom. The fourth-order valence-electron chi connectivity index (χ4n) is 1.93. The van der Waals surface area contributed by atoms with Crippen molar-refractivity contribution in [2.24, 2.45) is 0 Å². The Kier molecular flexibility index (Phi) is 1.56. The van der Waals surface area contributed by atoms with Crippen molar-refractivity contribution in [1.29, 1.82) is 0 Å². The average Bonchev–Trinajstić information content (AvgIpc) is 2.24. The van der Waals surface area contributed by atoms with Crippen LogP contribution in [0.2, 0.25) is 0 Å². The Hall–Kier alpha value is -1.18. The summed E-state index contributed by atoms with van der Waals surface area (Å²) in [6.07, 6.45) is 0. The van der Waals surface area contributed by atoms with Gasteiger partial charge in [0.05, 0.1) is 0 Å². The van der Waals surface area contributed by atoms with Crippen molar-refractivity contribution in [2.45, 2.75) is 32.2 Å². The average molecular weight is 177 g/mol. The Balaban J connectivity index is 2.57. The highest BCUT2D eigenvalue weighted by Crippen LogP contribution is 2.45. The zero-order chi connectivity index (χ0) is 9.64. The van der Waals surface area contributed by atoms with Crippen LogP contribution in [0.25, 0.3) is 0 Å². The van der Waals surface area contributed by atoms with E-state index in [0.29, 0.717) is 11.7 Å². The van der Waals surface area contributed by atoms with E-state index < -0.39 is 0 Å². The lowest BCUT2D eigenvalue weighted by Crippen LogP contribution is -2.30. The first-order chi connectivity index (χ1) is 6.02. The van der Waals surface area contributed by atoms with E-state index >= 15 is 0 Å². The highest BCUT2D eigenvalue weighted by molar-refractivity contribution is 5.65. The van der Waals surface area contributed by atoms with Gasteiger partial charge in [-0.05, 0) is 26.0 Å². The molecule has 2 rings (SSSR count). The van der Waals surface area contributed by atoms with E-state index in [-0.39, 0.29) is 5.54 Å². The first-order valence-corrected chi connectivity index (χ1v) is 4.62. The SMILES string of the molecule is CC1c2c(O)cccc2NC1(C)C. The van der Waals surface area contributed by atoms with E-state index in [1.54, 1.807) is 6.07 Å². The molecule has 2 nitrogen and oxygen atoms in total. The van der Waals surface area contributed by atoms with Crippen LogP contribution >= 0.6 is 0 Å². The second-order valence-electron chi connectivity index (χ2n) is 4.31. The minimum atomic E-state index is 0.0428. The molecule has 0 saturated heterocycles. The van der Waals surface area contributed by atoms with E-state index in [4.69, 9.17) is 0 Å². The predicted octanol–water partition coefficient (Wildman–Crippen LogP) is 2.70. The zero-order valence-corrected chi connectivity index (χ0v) is 8.26. The molecule has 1 aliphatic rings. The quantitative estimate of drug-likeness (QED) is 0.638. The highest BCUT2D eigenvalue weighted by Gasteiger charge is 2.36. The fraction of sp³-hybridized carbons (Fsp3) is 0.455. The molecule has 0 bridgehead atoms. The number of anilines is 1. The van der Waals surface area contributed by atoms with Crippen molar-refractivity contribution in [3.05, 3.63) is 23.8 Å². The lowest BCUT2D eigenvalue weighted by atomic mass is 9.87. The molecule has 2 N–H and O–H groups in total. The molecule has 1 unspecified atom stereocenters. The van der Waals surface area contributed by atoms with Crippen LogP contribution in [0.3, 0.4) is 0 Å². The van der Waals surface area contributed by atoms with Gasteiger partial charge in [0.25, 0.3) is 0 Å². The maximum atomic E-state index is 9.69. The van der Waals surface area contributed by atoms with Crippen LogP contribution in [0.1, 0.15) is 32.3 Å². The number of fused-ring (bicyclic) bond motifs is 1. The largest absolute Gasteiger partial charge is 0.508 e. The molecule has 0 fully saturated rings. The molecule has 1 aliphatic heterocycles. The summed E-state index contributed by atoms with van der Waals surface area (Å²) in [5, 5.41) is 13.1. The van der Waals surface area contributed by atoms with Gasteiger partial charge in [-0.25, -0.2) is 0 Å². The van der Waals surface area contributed by atoms with E-state index in [9.17, 15) is 5.11 Å². The van der Waals surface area contributed by atoms with Crippen LogP contribution in [0.5, 0.6) is 5.75 Å². The summed E-state index contributed by atoms with van der Waals surface area (Å²) >= 11 is 0. The van der Waals surface area contributed by atoms with E-state index in [1.807, 2.05) is 12.1 Å². The Bertz CT molecular complexity index is 344. The normalized spacial score (nSPS) is 23.8. The third-order valence-corrected chi connectivity index (χ3v) is 3.06. The van der Waals surface area contributed by atoms with Crippen LogP contribution in [0, 0.1) is 0 Å². The smallest absolute Gasteiger partial charge is 0.121 e. The summed E-state index contributed by atoms with van der Waals surface area (Å²) in [6, 6.07) is 5.63. The molecular formula is C11H15NO. The van der Waals surface area contributed by atoms with Gasteiger partial charge in [0, 0.05) is 22.7 Å². The Morgan fingerprint density at radius 2 is 2.08 bits per heavy atom. The lowest BCUT2D eigenvalue weighted by molar-refractivity contribution is 0.446. The lowest BCUT2D eigenvalue weighted by Gasteiger charge is -2.24. The molecule has 0 amide bonds. The summed E-state index contributed by atoms with van der Waals surface area (Å²) in [5.41, 5.74) is 2.16. The first-order valence-electron chi connectivity index (χ1n) is 4.62. The van der Waals surface area contributed by atoms with Crippen LogP contribution in [0.4, 0.5) is 5.69 Å². The van der Waals surface area contributed by atoms with Gasteiger partial charge in [-0.3, -0.25) is 0 Å². The second-order valence-corrected chi connectivity index (χ2v) is 4.31. The summed E-state index contributed by atoms with van der Waals surface area (Å²) in [5.74, 6) is 0.756. The fourth-order valence-corrected chi connectivity index (χ4v) is 1.93. The van der Waals surface area contributed by atoms with Gasteiger partial charge in [0.1, 0.15) is 5.75 Å². The van der Waals surface area contributed by atoms with Crippen molar-refractivity contribution in [3.8, 4) is 5.75 Å². The van der Waals surface area contributed by atoms with Crippen molar-refractivity contribution in [3.63, 3.8) is 0 Å². The molecule has 0 radical (unpaired) electrons. The summed E-state index contributed by atoms with van der Waals surface area (Å²) in [7, 11) is 0. The number of benzene rings is 1. The van der Waals surface area contributed by atoms with Gasteiger partial charge in [0.2, 0.25) is 0 Å². The van der Waals surface area contributed by atoms with Crippen LogP contribution in [0.15, 0.2) is 18.2 Å². The van der Waals surface area contributed by atoms with Gasteiger partial charge >= 0.3 is 0 Å². The van der Waals surface area contributed by atoms with Gasteiger partial charge in [0.15, 0.2) is 0 Å². The van der Waals surface area contributed by atoms with Crippen molar-refractivity contribution >= 4 is 5.69 Å². The highest BCUT2D eigenvalue weighted by atomic mass is 16.3. The number of hydrogen-bond acceptors (Lipinski definition) is 2. The van der Waals surface area contributed by atoms with Gasteiger partial charge in [-0.2, -0.15) is 0 Å². The molecule has 70 valence electrons. The van der Waals surface area contributed by atoms with Crippen molar-refractivity contribution in [2.75, 3.05) is 5.32 Å². The molecule has 0 aromatic heterocycles. The molecule has 0 saturated carbocycles. The second kappa shape index (κ2) is 2.41. The Labute approximate surface area is 78.6 Å². The van der Waals surface area contributed by atoms with Gasteiger partial charge in [-0.1, -0.05) is 13.0 Å². The summed E-state index contributed by atoms with van der Waals surface area (Å²) in [4.78, 5) is 0. The maximum Gasteiger partial charge on any atom is 0.121 e. The molecule has 0 aliphatic carbocycles. The van der Waals surface area contributed by atoms with E-state index in [2.05, 4.69) is 26.1 Å². The van der Waals surface area contributed by atoms with E-state index in [0.717, 1.165) is 11.3 Å². The van der Waals surface area contributed by atoms with Crippen LogP contribution < -0.4 is 5.32 Å². The van der Waals surface area contributed by atoms with Crippen molar-refractivity contribution < 1.29 is 5.11 Å². The molecule has 1 aromatic carbocycles. The number of hydrogen-bond donors (Lipinski definition) is 2. The first kappa shape index (κ1) is 8.42. The standard InChI is InChI=1S/C11H15NO/c1-7-10-8(12-11(7,2)3)5-4-6-9(10)13/h4-7,12-13H,1-3H3. The number of phenolic OH excluding ortho intramolecular Hbond substituents is 1. The number of rotatable bonds is 0. The molecule has 2 heteroatoms. The molecule has 1 atom stereocenters. The molecule has 1 heterocycles. The molecule has 1 aromatic rings. The monoisotopic (exact) mass is 177 g/mol. The Morgan fingerprint density at radius 1 is 1.38 bits per heavy atom. The van der Waals surface area contributed by atoms with Crippen molar-refractivity contribution in [1.82, 2.24) is 0 Å². The molecule has 0 spiro atoms. The summed E-state index contributed by atoms with van der Waals surface area (Å²) < 4.78 is 0. The summed E-state index contributed by atoms with van der Waals surface area (Å²) in [6.45, 7) is 6.44. The molecule has 13 heavy (non-hydrogen) atoms. The third-order valence-electron chi connectivity index (χ3n) is 3.06. The number of phenols is 1. The number of aromatic hydroxyl groups is 1. The maximum absolute atomic E-state index is 9.69. The van der Waals surface area contributed by atoms with Crippen LogP contribution in [-0.2, 0) is 0 Å². The third kappa shape index (κ3) is 1.09. The van der Waals surface area contributed by atoms with Crippen LogP contribution in [-0.4, -0.2) is 10.6 Å². The van der Waals surface area contributed by atoms with Gasteiger partial charge in [-0.15, -0.1) is 0 Å². The topological polar surface area (TPSA) is 32.3 Å². The van der Waals surface area contributed by atoms with E-state index in [1.165, 1.54) is 0 Å². The minimum absolute atomic E-state index is 0.0428. The minimum Gasteiger partial charge on any atom is -0.508 e. The predicted molar refractivity (Wildman–Crippen MR) is 54.2 cm³/mol. The number of nitrogens with one attached hydrogen (secondary N) is 1. The molecular weight excluding hydrogens is 162 g/mol. The van der Waals surface area contributed by atoms with Gasteiger partial charge < -0.3 is 10.4 Å².